The molecule has 8 unspecified atom stereocenters. The Balaban J connectivity index is 1.72. The number of hydrogen-bond donors (Lipinski definition) is 0. The fraction of sp³-hybridized carbons (Fsp3) is 0.923. The second-order valence-electron chi connectivity index (χ2n) is 10.8. The highest BCUT2D eigenvalue weighted by Crippen LogP contribution is 2.61. The van der Waals surface area contributed by atoms with Gasteiger partial charge in [-0.3, -0.25) is 9.59 Å². The van der Waals surface area contributed by atoms with Gasteiger partial charge in [-0.2, -0.15) is 0 Å². The zero-order valence-electron chi connectivity index (χ0n) is 19.7. The fourth-order valence-corrected chi connectivity index (χ4v) is 7.21. The summed E-state index contributed by atoms with van der Waals surface area (Å²) >= 11 is 0. The van der Waals surface area contributed by atoms with Gasteiger partial charge in [-0.05, 0) is 80.5 Å². The van der Waals surface area contributed by atoms with Crippen LogP contribution in [0.1, 0.15) is 99.3 Å². The minimum atomic E-state index is -0.415. The van der Waals surface area contributed by atoms with Crippen LogP contribution in [0.25, 0.3) is 0 Å². The lowest BCUT2D eigenvalue weighted by molar-refractivity contribution is -0.175. The highest BCUT2D eigenvalue weighted by Gasteiger charge is 2.57. The van der Waals surface area contributed by atoms with Crippen LogP contribution in [0.2, 0.25) is 0 Å². The number of fused-ring (bicyclic) bond motifs is 2. The first-order valence-corrected chi connectivity index (χ1v) is 12.5. The molecule has 2 bridgehead atoms. The van der Waals surface area contributed by atoms with E-state index < -0.39 is 5.60 Å². The monoisotopic (exact) mass is 404 g/mol. The molecule has 3 rings (SSSR count). The number of carbonyl (C=O) groups excluding carboxylic acids is 2. The predicted octanol–water partition coefficient (Wildman–Crippen LogP) is 6.44. The Kier molecular flexibility index (Phi) is 7.16. The molecule has 0 aromatic carbocycles. The van der Waals surface area contributed by atoms with E-state index in [0.29, 0.717) is 48.2 Å². The van der Waals surface area contributed by atoms with Gasteiger partial charge in [0.1, 0.15) is 11.4 Å². The average molecular weight is 405 g/mol. The normalized spacial score (nSPS) is 36.6. The van der Waals surface area contributed by atoms with Crippen LogP contribution in [0, 0.1) is 47.3 Å². The molecular weight excluding hydrogens is 360 g/mol. The second-order valence-corrected chi connectivity index (χ2v) is 10.8. The maximum absolute atomic E-state index is 13.4. The zero-order chi connectivity index (χ0) is 21.3. The molecule has 0 amide bonds. The van der Waals surface area contributed by atoms with Crippen LogP contribution in [0.5, 0.6) is 0 Å². The number of hydrogen-bond acceptors (Lipinski definition) is 3. The van der Waals surface area contributed by atoms with Crippen LogP contribution in [-0.4, -0.2) is 17.4 Å². The third kappa shape index (κ3) is 4.30. The number of ether oxygens (including phenoxy) is 1. The number of ketones is 1. The Hall–Kier alpha value is -0.860. The smallest absolute Gasteiger partial charge is 0.309 e. The van der Waals surface area contributed by atoms with E-state index in [4.69, 9.17) is 4.74 Å². The van der Waals surface area contributed by atoms with Crippen LogP contribution >= 0.6 is 0 Å². The molecule has 3 aliphatic carbocycles. The summed E-state index contributed by atoms with van der Waals surface area (Å²) in [5.74, 6) is 4.95. The van der Waals surface area contributed by atoms with E-state index in [1.54, 1.807) is 0 Å². The van der Waals surface area contributed by atoms with Gasteiger partial charge in [0.05, 0.1) is 5.92 Å². The van der Waals surface area contributed by atoms with Gasteiger partial charge in [0, 0.05) is 12.8 Å². The first kappa shape index (κ1) is 22.8. The van der Waals surface area contributed by atoms with E-state index in [1.165, 1.54) is 19.3 Å². The van der Waals surface area contributed by atoms with E-state index in [-0.39, 0.29) is 11.9 Å². The first-order chi connectivity index (χ1) is 13.8. The lowest BCUT2D eigenvalue weighted by Gasteiger charge is -2.43. The van der Waals surface area contributed by atoms with E-state index in [2.05, 4.69) is 41.5 Å². The molecule has 0 heterocycles. The van der Waals surface area contributed by atoms with Crippen molar-refractivity contribution in [3.8, 4) is 0 Å². The highest BCUT2D eigenvalue weighted by molar-refractivity contribution is 5.79. The van der Waals surface area contributed by atoms with Gasteiger partial charge in [0.25, 0.3) is 0 Å². The summed E-state index contributed by atoms with van der Waals surface area (Å²) in [6.07, 6.45) is 8.59. The van der Waals surface area contributed by atoms with Crippen LogP contribution in [-0.2, 0) is 14.3 Å². The van der Waals surface area contributed by atoms with Gasteiger partial charge in [0.15, 0.2) is 0 Å². The van der Waals surface area contributed by atoms with Crippen molar-refractivity contribution in [3.05, 3.63) is 0 Å². The van der Waals surface area contributed by atoms with Gasteiger partial charge in [0.2, 0.25) is 0 Å². The van der Waals surface area contributed by atoms with Crippen molar-refractivity contribution in [2.45, 2.75) is 105 Å². The third-order valence-electron chi connectivity index (χ3n) is 9.48. The van der Waals surface area contributed by atoms with Gasteiger partial charge < -0.3 is 4.74 Å². The molecule has 3 saturated carbocycles. The minimum Gasteiger partial charge on any atom is -0.459 e. The zero-order valence-corrected chi connectivity index (χ0v) is 19.7. The summed E-state index contributed by atoms with van der Waals surface area (Å²) in [4.78, 5) is 25.1. The molecule has 0 aromatic rings. The standard InChI is InChI=1S/C26H44O3/c1-7-16(4)23-18-14-21(24(23)17(5)8-2)22(15-18)25(28)29-26(6,9-3)19-10-12-20(27)13-11-19/h16-19,21-24H,7-15H2,1-6H3. The Bertz CT molecular complexity index is 589. The fourth-order valence-electron chi connectivity index (χ4n) is 7.21. The number of carbonyl (C=O) groups is 2. The molecule has 3 nitrogen and oxygen atoms in total. The third-order valence-corrected chi connectivity index (χ3v) is 9.48. The van der Waals surface area contributed by atoms with Crippen molar-refractivity contribution in [1.29, 1.82) is 0 Å². The van der Waals surface area contributed by atoms with Gasteiger partial charge >= 0.3 is 5.97 Å². The van der Waals surface area contributed by atoms with Crippen LogP contribution in [0.15, 0.2) is 0 Å². The van der Waals surface area contributed by atoms with Crippen molar-refractivity contribution in [2.24, 2.45) is 47.3 Å². The molecule has 0 radical (unpaired) electrons. The molecule has 0 aromatic heterocycles. The van der Waals surface area contributed by atoms with Crippen molar-refractivity contribution in [1.82, 2.24) is 0 Å². The van der Waals surface area contributed by atoms with E-state index in [9.17, 15) is 9.59 Å². The summed E-state index contributed by atoms with van der Waals surface area (Å²) in [5.41, 5.74) is -0.415. The molecule has 0 aliphatic heterocycles. The van der Waals surface area contributed by atoms with Crippen molar-refractivity contribution in [2.75, 3.05) is 0 Å². The Labute approximate surface area is 178 Å². The van der Waals surface area contributed by atoms with Crippen LogP contribution in [0.4, 0.5) is 0 Å². The van der Waals surface area contributed by atoms with Gasteiger partial charge in [-0.25, -0.2) is 0 Å². The molecular formula is C26H44O3. The van der Waals surface area contributed by atoms with Crippen molar-refractivity contribution >= 4 is 11.8 Å². The molecule has 8 atom stereocenters. The summed E-state index contributed by atoms with van der Waals surface area (Å²) < 4.78 is 6.33. The number of rotatable bonds is 8. The summed E-state index contributed by atoms with van der Waals surface area (Å²) in [7, 11) is 0. The molecule has 3 fully saturated rings. The predicted molar refractivity (Wildman–Crippen MR) is 117 cm³/mol. The van der Waals surface area contributed by atoms with Gasteiger partial charge in [-0.15, -0.1) is 0 Å². The maximum atomic E-state index is 13.4. The molecule has 0 N–H and O–H groups in total. The number of Topliss-reactive ketones (excluding diaryl/α,β-unsaturated/α-hetero) is 1. The van der Waals surface area contributed by atoms with Gasteiger partial charge in [-0.1, -0.05) is 47.5 Å². The van der Waals surface area contributed by atoms with Crippen molar-refractivity contribution < 1.29 is 14.3 Å². The van der Waals surface area contributed by atoms with E-state index in [0.717, 1.165) is 37.5 Å². The lowest BCUT2D eigenvalue weighted by atomic mass is 9.64. The van der Waals surface area contributed by atoms with Crippen LogP contribution < -0.4 is 0 Å². The largest absolute Gasteiger partial charge is 0.459 e. The van der Waals surface area contributed by atoms with Crippen molar-refractivity contribution in [3.63, 3.8) is 0 Å². The second kappa shape index (κ2) is 9.10. The van der Waals surface area contributed by atoms with E-state index >= 15 is 0 Å². The Morgan fingerprint density at radius 2 is 1.62 bits per heavy atom. The van der Waals surface area contributed by atoms with Crippen LogP contribution in [0.3, 0.4) is 0 Å². The SMILES string of the molecule is CCC(C)C1C2CC(C(=O)OC(C)(CC)C3CCC(=O)CC3)C(C2)C1C(C)CC. The molecule has 3 aliphatic rings. The number of esters is 1. The Morgan fingerprint density at radius 3 is 2.17 bits per heavy atom. The summed E-state index contributed by atoms with van der Waals surface area (Å²) in [6, 6.07) is 0. The molecule has 166 valence electrons. The lowest BCUT2D eigenvalue weighted by Crippen LogP contribution is -2.45. The first-order valence-electron chi connectivity index (χ1n) is 12.5. The Morgan fingerprint density at radius 1 is 1.03 bits per heavy atom. The maximum Gasteiger partial charge on any atom is 0.309 e. The molecule has 3 heteroatoms. The minimum absolute atomic E-state index is 0.0645. The summed E-state index contributed by atoms with van der Waals surface area (Å²) in [5, 5.41) is 0. The topological polar surface area (TPSA) is 43.4 Å². The average Bonchev–Trinajstić information content (AvgIpc) is 3.31. The molecule has 0 spiro atoms. The summed E-state index contributed by atoms with van der Waals surface area (Å²) in [6.45, 7) is 13.7. The highest BCUT2D eigenvalue weighted by atomic mass is 16.6. The molecule has 29 heavy (non-hydrogen) atoms. The quantitative estimate of drug-likeness (QED) is 0.437. The van der Waals surface area contributed by atoms with E-state index in [1.807, 2.05) is 0 Å². The molecule has 0 saturated heterocycles.